The summed E-state index contributed by atoms with van der Waals surface area (Å²) in [5, 5.41) is 3.36. The van der Waals surface area contributed by atoms with Crippen LogP contribution in [-0.4, -0.2) is 26.8 Å². The zero-order valence-electron chi connectivity index (χ0n) is 10.3. The van der Waals surface area contributed by atoms with E-state index in [1.807, 2.05) is 0 Å². The smallest absolute Gasteiger partial charge is 0.197 e. The molecule has 1 saturated heterocycles. The fourth-order valence-electron chi connectivity index (χ4n) is 2.28. The maximum atomic E-state index is 14.1. The van der Waals surface area contributed by atoms with Crippen LogP contribution in [0.1, 0.15) is 18.4 Å². The Morgan fingerprint density at radius 1 is 1.35 bits per heavy atom. The van der Waals surface area contributed by atoms with E-state index >= 15 is 0 Å². The fourth-order valence-corrected chi connectivity index (χ4v) is 2.28. The van der Waals surface area contributed by atoms with Crippen molar-refractivity contribution in [2.45, 2.75) is 25.3 Å². The lowest BCUT2D eigenvalue weighted by Crippen LogP contribution is -2.24. The highest BCUT2D eigenvalue weighted by molar-refractivity contribution is 5.44. The summed E-state index contributed by atoms with van der Waals surface area (Å²) in [4.78, 5) is 0. The predicted octanol–water partition coefficient (Wildman–Crippen LogP) is 2.14. The van der Waals surface area contributed by atoms with Crippen molar-refractivity contribution in [3.8, 4) is 11.5 Å². The summed E-state index contributed by atoms with van der Waals surface area (Å²) < 4.78 is 24.3. The summed E-state index contributed by atoms with van der Waals surface area (Å²) in [5.74, 6) is 0.330. The Bertz CT molecular complexity index is 389. The Kier molecular flexibility index (Phi) is 3.84. The van der Waals surface area contributed by atoms with Gasteiger partial charge in [0.25, 0.3) is 0 Å². The number of hydrogen-bond donors (Lipinski definition) is 1. The van der Waals surface area contributed by atoms with Crippen LogP contribution in [0.25, 0.3) is 0 Å². The van der Waals surface area contributed by atoms with E-state index in [-0.39, 0.29) is 11.6 Å². The van der Waals surface area contributed by atoms with Crippen LogP contribution < -0.4 is 14.8 Å². The molecule has 1 aromatic carbocycles. The zero-order chi connectivity index (χ0) is 12.3. The third-order valence-electron chi connectivity index (χ3n) is 3.19. The second kappa shape index (κ2) is 5.36. The Balaban J connectivity index is 2.22. The van der Waals surface area contributed by atoms with Crippen molar-refractivity contribution in [3.05, 3.63) is 23.5 Å². The molecule has 1 aliphatic heterocycles. The molecule has 17 heavy (non-hydrogen) atoms. The van der Waals surface area contributed by atoms with Crippen LogP contribution in [0.2, 0.25) is 0 Å². The number of hydrogen-bond acceptors (Lipinski definition) is 3. The van der Waals surface area contributed by atoms with Gasteiger partial charge in [-0.2, -0.15) is 0 Å². The lowest BCUT2D eigenvalue weighted by atomic mass is 10.0. The molecule has 4 heteroatoms. The number of nitrogens with one attached hydrogen (secondary N) is 1. The summed E-state index contributed by atoms with van der Waals surface area (Å²) in [6, 6.07) is 3.91. The summed E-state index contributed by atoms with van der Waals surface area (Å²) in [6.07, 6.45) is 2.97. The highest BCUT2D eigenvalue weighted by Crippen LogP contribution is 2.32. The van der Waals surface area contributed by atoms with E-state index in [0.717, 1.165) is 13.0 Å². The first-order chi connectivity index (χ1) is 8.26. The van der Waals surface area contributed by atoms with Crippen molar-refractivity contribution in [2.24, 2.45) is 0 Å². The van der Waals surface area contributed by atoms with Gasteiger partial charge in [0.2, 0.25) is 0 Å². The van der Waals surface area contributed by atoms with E-state index in [2.05, 4.69) is 5.32 Å². The molecule has 2 rings (SSSR count). The SMILES string of the molecule is COc1ccc(CC2CCCN2)c(F)c1OC. The largest absolute Gasteiger partial charge is 0.493 e. The van der Waals surface area contributed by atoms with E-state index in [9.17, 15) is 4.39 Å². The molecule has 1 unspecified atom stereocenters. The Hall–Kier alpha value is -1.29. The number of benzene rings is 1. The molecule has 0 radical (unpaired) electrons. The Morgan fingerprint density at radius 2 is 2.18 bits per heavy atom. The first-order valence-electron chi connectivity index (χ1n) is 5.89. The zero-order valence-corrected chi connectivity index (χ0v) is 10.3. The molecule has 3 nitrogen and oxygen atoms in total. The maximum absolute atomic E-state index is 14.1. The molecule has 0 amide bonds. The predicted molar refractivity (Wildman–Crippen MR) is 64.2 cm³/mol. The number of halogens is 1. The first kappa shape index (κ1) is 12.2. The molecule has 94 valence electrons. The van der Waals surface area contributed by atoms with Crippen molar-refractivity contribution < 1.29 is 13.9 Å². The molecule has 1 heterocycles. The molecule has 0 saturated carbocycles. The number of methoxy groups -OCH3 is 2. The van der Waals surface area contributed by atoms with Crippen LogP contribution in [0.15, 0.2) is 12.1 Å². The fraction of sp³-hybridized carbons (Fsp3) is 0.538. The van der Waals surface area contributed by atoms with Crippen LogP contribution in [0.4, 0.5) is 4.39 Å². The monoisotopic (exact) mass is 239 g/mol. The molecule has 1 aromatic rings. The van der Waals surface area contributed by atoms with Crippen LogP contribution in [0.3, 0.4) is 0 Å². The normalized spacial score (nSPS) is 19.4. The van der Waals surface area contributed by atoms with Crippen LogP contribution in [0, 0.1) is 5.82 Å². The minimum atomic E-state index is -0.305. The molecular weight excluding hydrogens is 221 g/mol. The van der Waals surface area contributed by atoms with E-state index in [1.54, 1.807) is 12.1 Å². The Morgan fingerprint density at radius 3 is 2.76 bits per heavy atom. The molecule has 0 bridgehead atoms. The van der Waals surface area contributed by atoms with Crippen molar-refractivity contribution in [2.75, 3.05) is 20.8 Å². The van der Waals surface area contributed by atoms with Crippen LogP contribution in [0.5, 0.6) is 11.5 Å². The van der Waals surface area contributed by atoms with Crippen molar-refractivity contribution in [3.63, 3.8) is 0 Å². The molecule has 1 atom stereocenters. The highest BCUT2D eigenvalue weighted by atomic mass is 19.1. The van der Waals surface area contributed by atoms with Crippen molar-refractivity contribution in [1.29, 1.82) is 0 Å². The van der Waals surface area contributed by atoms with Crippen molar-refractivity contribution in [1.82, 2.24) is 5.32 Å². The van der Waals surface area contributed by atoms with Gasteiger partial charge in [0.05, 0.1) is 14.2 Å². The van der Waals surface area contributed by atoms with Gasteiger partial charge in [0.1, 0.15) is 0 Å². The minimum absolute atomic E-state index is 0.197. The molecule has 0 aromatic heterocycles. The van der Waals surface area contributed by atoms with Gasteiger partial charge in [-0.3, -0.25) is 0 Å². The Labute approximate surface area is 101 Å². The average molecular weight is 239 g/mol. The molecule has 1 aliphatic rings. The molecule has 1 fully saturated rings. The quantitative estimate of drug-likeness (QED) is 0.873. The van der Waals surface area contributed by atoms with Gasteiger partial charge >= 0.3 is 0 Å². The third kappa shape index (κ3) is 2.52. The second-order valence-electron chi connectivity index (χ2n) is 4.27. The summed E-state index contributed by atoms with van der Waals surface area (Å²) in [6.45, 7) is 1.03. The standard InChI is InChI=1S/C13H18FNO2/c1-16-11-6-5-9(12(14)13(11)17-2)8-10-4-3-7-15-10/h5-6,10,15H,3-4,7-8H2,1-2H3. The van der Waals surface area contributed by atoms with E-state index < -0.39 is 0 Å². The van der Waals surface area contributed by atoms with E-state index in [4.69, 9.17) is 9.47 Å². The van der Waals surface area contributed by atoms with Gasteiger partial charge in [-0.25, -0.2) is 4.39 Å². The second-order valence-corrected chi connectivity index (χ2v) is 4.27. The van der Waals surface area contributed by atoms with Gasteiger partial charge in [-0.1, -0.05) is 6.07 Å². The lowest BCUT2D eigenvalue weighted by Gasteiger charge is -2.14. The van der Waals surface area contributed by atoms with Gasteiger partial charge in [0, 0.05) is 6.04 Å². The molecular formula is C13H18FNO2. The van der Waals surface area contributed by atoms with Gasteiger partial charge in [0.15, 0.2) is 17.3 Å². The first-order valence-corrected chi connectivity index (χ1v) is 5.89. The topological polar surface area (TPSA) is 30.5 Å². The van der Waals surface area contributed by atoms with Gasteiger partial charge in [-0.15, -0.1) is 0 Å². The van der Waals surface area contributed by atoms with Gasteiger partial charge < -0.3 is 14.8 Å². The highest BCUT2D eigenvalue weighted by Gasteiger charge is 2.20. The van der Waals surface area contributed by atoms with Crippen molar-refractivity contribution >= 4 is 0 Å². The molecule has 0 aliphatic carbocycles. The molecule has 1 N–H and O–H groups in total. The molecule has 0 spiro atoms. The summed E-state index contributed by atoms with van der Waals surface area (Å²) in [5.41, 5.74) is 0.682. The summed E-state index contributed by atoms with van der Waals surface area (Å²) >= 11 is 0. The summed E-state index contributed by atoms with van der Waals surface area (Å²) in [7, 11) is 2.97. The third-order valence-corrected chi connectivity index (χ3v) is 3.19. The number of rotatable bonds is 4. The van der Waals surface area contributed by atoms with E-state index in [1.165, 1.54) is 20.6 Å². The van der Waals surface area contributed by atoms with Crippen LogP contribution >= 0.6 is 0 Å². The maximum Gasteiger partial charge on any atom is 0.197 e. The number of ether oxygens (including phenoxy) is 2. The van der Waals surface area contributed by atoms with E-state index in [0.29, 0.717) is 23.8 Å². The van der Waals surface area contributed by atoms with Gasteiger partial charge in [-0.05, 0) is 37.4 Å². The van der Waals surface area contributed by atoms with Crippen LogP contribution in [-0.2, 0) is 6.42 Å². The minimum Gasteiger partial charge on any atom is -0.493 e. The average Bonchev–Trinajstić information content (AvgIpc) is 2.84. The lowest BCUT2D eigenvalue weighted by molar-refractivity contribution is 0.335.